The number of thioether (sulfide) groups is 1. The summed E-state index contributed by atoms with van der Waals surface area (Å²) in [6.45, 7) is 0.896. The highest BCUT2D eigenvalue weighted by Crippen LogP contribution is 2.61. The minimum atomic E-state index is -5.54. The molecule has 3 unspecified atom stereocenters. The molecule has 3 heterocycles. The molecule has 1 aliphatic rings. The van der Waals surface area contributed by atoms with Gasteiger partial charge in [0.2, 0.25) is 11.8 Å². The number of aliphatic hydroxyl groups excluding tert-OH is 2. The van der Waals surface area contributed by atoms with Gasteiger partial charge in [-0.3, -0.25) is 27.7 Å². The highest BCUT2D eigenvalue weighted by atomic mass is 32.2. The number of rotatable bonds is 19. The number of hydrogen-bond acceptors (Lipinski definition) is 17. The lowest BCUT2D eigenvalue weighted by Gasteiger charge is -2.30. The molecule has 1 saturated heterocycles. The molecule has 7 atom stereocenters. The molecule has 0 bridgehead atoms. The second kappa shape index (κ2) is 16.9. The van der Waals surface area contributed by atoms with Gasteiger partial charge in [0.25, 0.3) is 0 Å². The van der Waals surface area contributed by atoms with Gasteiger partial charge in [0.1, 0.15) is 36.3 Å². The van der Waals surface area contributed by atoms with Gasteiger partial charge in [-0.25, -0.2) is 28.6 Å². The second-order valence-electron chi connectivity index (χ2n) is 11.1. The minimum Gasteiger partial charge on any atom is -0.386 e. The van der Waals surface area contributed by atoms with Crippen LogP contribution >= 0.6 is 35.2 Å². The summed E-state index contributed by atoms with van der Waals surface area (Å²) in [5.41, 5.74) is 4.31. The summed E-state index contributed by atoms with van der Waals surface area (Å²) in [4.78, 5) is 74.9. The Labute approximate surface area is 282 Å². The minimum absolute atomic E-state index is 0.0345. The monoisotopic (exact) mass is 781 g/mol. The van der Waals surface area contributed by atoms with Crippen molar-refractivity contribution in [2.45, 2.75) is 50.9 Å². The zero-order chi connectivity index (χ0) is 36.8. The van der Waals surface area contributed by atoms with Crippen LogP contribution in [0.1, 0.15) is 26.5 Å². The maximum Gasteiger partial charge on any atom is 0.481 e. The molecular formula is C22H38N7O16P3S. The number of phosphoric ester groups is 3. The van der Waals surface area contributed by atoms with Crippen molar-refractivity contribution >= 4 is 64.0 Å². The number of nitrogens with one attached hydrogen (secondary N) is 2. The number of hydrogen-bond donors (Lipinski definition) is 9. The Morgan fingerprint density at radius 3 is 2.43 bits per heavy atom. The third kappa shape index (κ3) is 12.0. The number of amides is 2. The van der Waals surface area contributed by atoms with Crippen LogP contribution in [-0.4, -0.2) is 124 Å². The number of anilines is 1. The quantitative estimate of drug-likeness (QED) is 0.0595. The average Bonchev–Trinajstić information content (AvgIpc) is 3.55. The molecule has 0 saturated carbocycles. The first-order valence-electron chi connectivity index (χ1n) is 14.0. The largest absolute Gasteiger partial charge is 0.481 e. The molecule has 0 spiro atoms. The Morgan fingerprint density at radius 2 is 1.78 bits per heavy atom. The van der Waals surface area contributed by atoms with Crippen LogP contribution in [0.2, 0.25) is 0 Å². The number of phosphoric acid groups is 3. The van der Waals surface area contributed by atoms with E-state index in [1.54, 1.807) is 0 Å². The van der Waals surface area contributed by atoms with Crippen LogP contribution < -0.4 is 16.4 Å². The van der Waals surface area contributed by atoms with Crippen LogP contribution in [0.5, 0.6) is 0 Å². The molecule has 0 aromatic carbocycles. The molecule has 0 radical (unpaired) electrons. The first-order valence-corrected chi connectivity index (χ1v) is 20.0. The summed E-state index contributed by atoms with van der Waals surface area (Å²) < 4.78 is 61.8. The van der Waals surface area contributed by atoms with Gasteiger partial charge in [-0.1, -0.05) is 13.8 Å². The Kier molecular flexibility index (Phi) is 14.3. The molecule has 278 valence electrons. The van der Waals surface area contributed by atoms with Crippen LogP contribution in [0.15, 0.2) is 12.7 Å². The van der Waals surface area contributed by atoms with E-state index >= 15 is 0 Å². The summed E-state index contributed by atoms with van der Waals surface area (Å²) in [5.74, 6) is -0.590. The topological polar surface area (TPSA) is 347 Å². The van der Waals surface area contributed by atoms with Gasteiger partial charge in [-0.15, -0.1) is 0 Å². The summed E-state index contributed by atoms with van der Waals surface area (Å²) >= 11 is 1.53. The second-order valence-corrected chi connectivity index (χ2v) is 16.3. The SMILES string of the molecule is CSCCNC(=O)CCNC(=O)[C@H](O)C(C)(C)COP(=O)(O)OP(=O)(O)OC[C@H]1O[C@@H](n2cnc3c(N)ncnc32)[C@@H](O)C1OP(=O)(O)O. The predicted octanol–water partition coefficient (Wildman–Crippen LogP) is -1.23. The van der Waals surface area contributed by atoms with Gasteiger partial charge in [0.15, 0.2) is 17.7 Å². The van der Waals surface area contributed by atoms with Crippen LogP contribution in [0.4, 0.5) is 5.82 Å². The van der Waals surface area contributed by atoms with E-state index in [-0.39, 0.29) is 35.9 Å². The number of nitrogen functional groups attached to an aromatic ring is 1. The molecule has 23 nitrogen and oxygen atoms in total. The van der Waals surface area contributed by atoms with Crippen molar-refractivity contribution in [3.63, 3.8) is 0 Å². The molecule has 2 amide bonds. The van der Waals surface area contributed by atoms with Crippen molar-refractivity contribution in [3.05, 3.63) is 12.7 Å². The Bertz CT molecular complexity index is 1610. The van der Waals surface area contributed by atoms with E-state index in [4.69, 9.17) is 19.5 Å². The molecule has 27 heteroatoms. The summed E-state index contributed by atoms with van der Waals surface area (Å²) in [6, 6.07) is 0. The van der Waals surface area contributed by atoms with Gasteiger partial charge in [-0.05, 0) is 6.26 Å². The maximum absolute atomic E-state index is 12.6. The standard InChI is InChI=1S/C22H38N7O16P3S/c1-22(2,17(32)20(33)25-5-4-13(30)24-6-7-49-3)9-42-48(39,40)45-47(37,38)41-8-12-16(44-46(34,35)36)15(31)21(43-12)29-11-28-14-18(23)26-10-27-19(14)29/h10-12,15-17,21,31-32H,4-9H2,1-3H3,(H,24,30)(H,25,33)(H,37,38)(H,39,40)(H2,23,26,27)(H2,34,35,36)/t12-,15+,16?,17+,21-/m1/s1. The zero-order valence-electron chi connectivity index (χ0n) is 26.2. The van der Waals surface area contributed by atoms with Crippen molar-refractivity contribution in [3.8, 4) is 0 Å². The number of ether oxygens (including phenoxy) is 1. The van der Waals surface area contributed by atoms with Crippen LogP contribution in [-0.2, 0) is 45.9 Å². The molecule has 3 rings (SSSR count). The molecule has 49 heavy (non-hydrogen) atoms. The Hall–Kier alpha value is -2.11. The van der Waals surface area contributed by atoms with E-state index < -0.39 is 78.6 Å². The van der Waals surface area contributed by atoms with Crippen molar-refractivity contribution in [1.29, 1.82) is 0 Å². The number of carbonyl (C=O) groups excluding carboxylic acids is 2. The fourth-order valence-corrected chi connectivity index (χ4v) is 7.37. The fourth-order valence-electron chi connectivity index (χ4n) is 4.23. The van der Waals surface area contributed by atoms with Crippen molar-refractivity contribution in [2.24, 2.45) is 5.41 Å². The lowest BCUT2D eigenvalue weighted by molar-refractivity contribution is -0.137. The molecular weight excluding hydrogens is 743 g/mol. The first kappa shape index (κ1) is 41.3. The number of aromatic nitrogens is 4. The Morgan fingerprint density at radius 1 is 1.10 bits per heavy atom. The fraction of sp³-hybridized carbons (Fsp3) is 0.682. The zero-order valence-corrected chi connectivity index (χ0v) is 29.7. The number of nitrogens with two attached hydrogens (primary N) is 1. The maximum atomic E-state index is 12.6. The van der Waals surface area contributed by atoms with E-state index in [0.29, 0.717) is 12.3 Å². The molecule has 2 aromatic rings. The molecule has 10 N–H and O–H groups in total. The molecule has 2 aromatic heterocycles. The van der Waals surface area contributed by atoms with E-state index in [9.17, 15) is 53.1 Å². The van der Waals surface area contributed by atoms with Gasteiger partial charge in [0, 0.05) is 30.7 Å². The highest BCUT2D eigenvalue weighted by molar-refractivity contribution is 7.98. The third-order valence-corrected chi connectivity index (χ3v) is 10.4. The van der Waals surface area contributed by atoms with E-state index in [1.165, 1.54) is 25.6 Å². The van der Waals surface area contributed by atoms with E-state index in [2.05, 4.69) is 34.4 Å². The summed E-state index contributed by atoms with van der Waals surface area (Å²) in [7, 11) is -16.3. The number of fused-ring (bicyclic) bond motifs is 1. The van der Waals surface area contributed by atoms with Gasteiger partial charge >= 0.3 is 23.5 Å². The van der Waals surface area contributed by atoms with Crippen molar-refractivity contribution in [2.75, 3.05) is 44.0 Å². The highest BCUT2D eigenvalue weighted by Gasteiger charge is 2.50. The molecule has 1 aliphatic heterocycles. The summed E-state index contributed by atoms with van der Waals surface area (Å²) in [6.07, 6.45) is -4.82. The van der Waals surface area contributed by atoms with E-state index in [0.717, 1.165) is 17.2 Å². The molecule has 1 fully saturated rings. The van der Waals surface area contributed by atoms with Gasteiger partial charge in [-0.2, -0.15) is 16.1 Å². The van der Waals surface area contributed by atoms with Gasteiger partial charge in [0.05, 0.1) is 19.5 Å². The lowest BCUT2D eigenvalue weighted by Crippen LogP contribution is -2.46. The van der Waals surface area contributed by atoms with E-state index in [1.807, 2.05) is 6.26 Å². The number of imidazole rings is 1. The Balaban J connectivity index is 1.59. The number of nitrogens with zero attached hydrogens (tertiary/aromatic N) is 4. The third-order valence-electron chi connectivity index (χ3n) is 6.71. The predicted molar refractivity (Wildman–Crippen MR) is 168 cm³/mol. The van der Waals surface area contributed by atoms with Gasteiger partial charge < -0.3 is 50.9 Å². The van der Waals surface area contributed by atoms with Crippen LogP contribution in [0.25, 0.3) is 11.2 Å². The van der Waals surface area contributed by atoms with Crippen molar-refractivity contribution < 1.29 is 75.7 Å². The van der Waals surface area contributed by atoms with Crippen LogP contribution in [0.3, 0.4) is 0 Å². The number of carbonyl (C=O) groups is 2. The first-order chi connectivity index (χ1) is 22.7. The average molecular weight is 782 g/mol. The summed E-state index contributed by atoms with van der Waals surface area (Å²) in [5, 5.41) is 26.3. The number of aliphatic hydroxyl groups is 2. The van der Waals surface area contributed by atoms with Crippen LogP contribution in [0, 0.1) is 5.41 Å². The smallest absolute Gasteiger partial charge is 0.386 e. The normalized spacial score (nSPS) is 23.1. The lowest BCUT2D eigenvalue weighted by atomic mass is 9.87. The molecule has 0 aliphatic carbocycles. The van der Waals surface area contributed by atoms with Crippen molar-refractivity contribution in [1.82, 2.24) is 30.2 Å².